The highest BCUT2D eigenvalue weighted by Crippen LogP contribution is 2.20. The third-order valence-electron chi connectivity index (χ3n) is 6.25. The number of hydrogen-bond acceptors (Lipinski definition) is 4. The topological polar surface area (TPSA) is 82.2 Å². The Bertz CT molecular complexity index is 1030. The molecule has 0 spiro atoms. The molecular formula is C26H34N4O4. The average molecular weight is 467 g/mol. The van der Waals surface area contributed by atoms with E-state index in [9.17, 15) is 14.4 Å². The molecule has 0 saturated carbocycles. The Balaban J connectivity index is 1.48. The van der Waals surface area contributed by atoms with Gasteiger partial charge in [0.05, 0.1) is 7.11 Å². The molecule has 0 aromatic heterocycles. The van der Waals surface area contributed by atoms with Crippen LogP contribution in [0.1, 0.15) is 45.7 Å². The lowest BCUT2D eigenvalue weighted by atomic mass is 10.1. The standard InChI is InChI=1S/C26H34N4O4/c1-18(2)28(4)24(31)21-10-7-20(8-11-21)17-27-26(33)30-14-12-29(13-15-30)25(32)22-9-6-19(3)23(16-22)34-5/h6-11,16,18H,12-15,17H2,1-5H3,(H,27,33). The molecule has 3 rings (SSSR count). The monoisotopic (exact) mass is 466 g/mol. The molecule has 0 unspecified atom stereocenters. The molecule has 8 nitrogen and oxygen atoms in total. The second-order valence-corrected chi connectivity index (χ2v) is 8.83. The molecule has 1 fully saturated rings. The van der Waals surface area contributed by atoms with Crippen LogP contribution in [0.5, 0.6) is 5.75 Å². The van der Waals surface area contributed by atoms with Gasteiger partial charge in [-0.1, -0.05) is 18.2 Å². The smallest absolute Gasteiger partial charge is 0.317 e. The highest BCUT2D eigenvalue weighted by molar-refractivity contribution is 5.95. The highest BCUT2D eigenvalue weighted by atomic mass is 16.5. The van der Waals surface area contributed by atoms with Gasteiger partial charge >= 0.3 is 6.03 Å². The van der Waals surface area contributed by atoms with Crippen molar-refractivity contribution in [3.05, 3.63) is 64.7 Å². The van der Waals surface area contributed by atoms with Crippen LogP contribution < -0.4 is 10.1 Å². The molecule has 1 saturated heterocycles. The number of carbonyl (C=O) groups is 3. The Hall–Kier alpha value is -3.55. The molecule has 0 bridgehead atoms. The van der Waals surface area contributed by atoms with E-state index in [1.165, 1.54) is 0 Å². The molecule has 8 heteroatoms. The first-order valence-corrected chi connectivity index (χ1v) is 11.5. The van der Waals surface area contributed by atoms with Gasteiger partial charge in [0.1, 0.15) is 5.75 Å². The first-order chi connectivity index (χ1) is 16.2. The van der Waals surface area contributed by atoms with Gasteiger partial charge < -0.3 is 24.8 Å². The quantitative estimate of drug-likeness (QED) is 0.709. The van der Waals surface area contributed by atoms with E-state index in [1.54, 1.807) is 53.1 Å². The van der Waals surface area contributed by atoms with Gasteiger partial charge in [0, 0.05) is 56.9 Å². The van der Waals surface area contributed by atoms with E-state index >= 15 is 0 Å². The zero-order chi connectivity index (χ0) is 24.8. The van der Waals surface area contributed by atoms with Gasteiger partial charge in [-0.2, -0.15) is 0 Å². The number of piperazine rings is 1. The van der Waals surface area contributed by atoms with Gasteiger partial charge in [-0.15, -0.1) is 0 Å². The van der Waals surface area contributed by atoms with E-state index in [-0.39, 0.29) is 23.9 Å². The summed E-state index contributed by atoms with van der Waals surface area (Å²) in [4.78, 5) is 43.0. The number of carbonyl (C=O) groups excluding carboxylic acids is 3. The molecule has 0 atom stereocenters. The van der Waals surface area contributed by atoms with E-state index in [2.05, 4.69) is 5.32 Å². The minimum Gasteiger partial charge on any atom is -0.496 e. The minimum atomic E-state index is -0.163. The molecule has 1 aliphatic heterocycles. The summed E-state index contributed by atoms with van der Waals surface area (Å²) < 4.78 is 5.32. The predicted molar refractivity (Wildman–Crippen MR) is 131 cm³/mol. The van der Waals surface area contributed by atoms with Gasteiger partial charge in [0.2, 0.25) is 0 Å². The van der Waals surface area contributed by atoms with Crippen molar-refractivity contribution in [1.29, 1.82) is 0 Å². The van der Waals surface area contributed by atoms with Crippen LogP contribution in [0.4, 0.5) is 4.79 Å². The first kappa shape index (κ1) is 25.1. The Labute approximate surface area is 201 Å². The number of rotatable bonds is 6. The van der Waals surface area contributed by atoms with Gasteiger partial charge in [-0.3, -0.25) is 9.59 Å². The van der Waals surface area contributed by atoms with Gasteiger partial charge in [-0.05, 0) is 56.2 Å². The lowest BCUT2D eigenvalue weighted by Crippen LogP contribution is -2.53. The predicted octanol–water partition coefficient (Wildman–Crippen LogP) is 3.15. The summed E-state index contributed by atoms with van der Waals surface area (Å²) in [7, 11) is 3.37. The normalized spacial score (nSPS) is 13.6. The number of ether oxygens (including phenoxy) is 1. The summed E-state index contributed by atoms with van der Waals surface area (Å²) in [6.45, 7) is 8.13. The number of nitrogens with one attached hydrogen (secondary N) is 1. The summed E-state index contributed by atoms with van der Waals surface area (Å²) in [5.41, 5.74) is 3.10. The van der Waals surface area contributed by atoms with E-state index in [1.807, 2.05) is 39.0 Å². The molecule has 4 amide bonds. The van der Waals surface area contributed by atoms with Crippen LogP contribution >= 0.6 is 0 Å². The van der Waals surface area contributed by atoms with Gasteiger partial charge in [-0.25, -0.2) is 4.79 Å². The van der Waals surface area contributed by atoms with Crippen molar-refractivity contribution in [2.75, 3.05) is 40.3 Å². The number of urea groups is 1. The van der Waals surface area contributed by atoms with Crippen molar-refractivity contribution >= 4 is 17.8 Å². The third-order valence-corrected chi connectivity index (χ3v) is 6.25. The Kier molecular flexibility index (Phi) is 8.15. The molecule has 1 heterocycles. The molecule has 2 aromatic rings. The largest absolute Gasteiger partial charge is 0.496 e. The average Bonchev–Trinajstić information content (AvgIpc) is 2.86. The van der Waals surface area contributed by atoms with Crippen LogP contribution in [0.3, 0.4) is 0 Å². The maximum atomic E-state index is 12.8. The van der Waals surface area contributed by atoms with Crippen molar-refractivity contribution in [1.82, 2.24) is 20.0 Å². The lowest BCUT2D eigenvalue weighted by Gasteiger charge is -2.34. The number of nitrogens with zero attached hydrogens (tertiary/aromatic N) is 3. The van der Waals surface area contributed by atoms with Crippen LogP contribution in [0.2, 0.25) is 0 Å². The van der Waals surface area contributed by atoms with E-state index < -0.39 is 0 Å². The Morgan fingerprint density at radius 1 is 0.971 bits per heavy atom. The zero-order valence-electron chi connectivity index (χ0n) is 20.6. The van der Waals surface area contributed by atoms with E-state index in [0.717, 1.165) is 11.1 Å². The lowest BCUT2D eigenvalue weighted by molar-refractivity contribution is 0.0664. The molecule has 1 aliphatic rings. The van der Waals surface area contributed by atoms with Crippen molar-refractivity contribution < 1.29 is 19.1 Å². The van der Waals surface area contributed by atoms with E-state index in [0.29, 0.717) is 49.6 Å². The van der Waals surface area contributed by atoms with Crippen LogP contribution in [0, 0.1) is 6.92 Å². The molecule has 1 N–H and O–H groups in total. The SMILES string of the molecule is COc1cc(C(=O)N2CCN(C(=O)NCc3ccc(C(=O)N(C)C(C)C)cc3)CC2)ccc1C. The molecule has 182 valence electrons. The second-order valence-electron chi connectivity index (χ2n) is 8.83. The van der Waals surface area contributed by atoms with Crippen LogP contribution in [0.25, 0.3) is 0 Å². The van der Waals surface area contributed by atoms with Crippen LogP contribution in [-0.2, 0) is 6.54 Å². The third kappa shape index (κ3) is 5.87. The number of hydrogen-bond donors (Lipinski definition) is 1. The molecule has 0 radical (unpaired) electrons. The Morgan fingerprint density at radius 2 is 1.56 bits per heavy atom. The van der Waals surface area contributed by atoms with Gasteiger partial charge in [0.15, 0.2) is 0 Å². The summed E-state index contributed by atoms with van der Waals surface area (Å²) in [6, 6.07) is 12.7. The van der Waals surface area contributed by atoms with Gasteiger partial charge in [0.25, 0.3) is 11.8 Å². The fraction of sp³-hybridized carbons (Fsp3) is 0.423. The molecular weight excluding hydrogens is 432 g/mol. The number of methoxy groups -OCH3 is 1. The number of benzene rings is 2. The summed E-state index contributed by atoms with van der Waals surface area (Å²) in [5, 5.41) is 2.93. The fourth-order valence-corrected chi connectivity index (χ4v) is 3.74. The summed E-state index contributed by atoms with van der Waals surface area (Å²) >= 11 is 0. The summed E-state index contributed by atoms with van der Waals surface area (Å²) in [6.07, 6.45) is 0. The first-order valence-electron chi connectivity index (χ1n) is 11.5. The van der Waals surface area contributed by atoms with Crippen molar-refractivity contribution in [3.8, 4) is 5.75 Å². The van der Waals surface area contributed by atoms with Crippen molar-refractivity contribution in [2.45, 2.75) is 33.4 Å². The maximum Gasteiger partial charge on any atom is 0.317 e. The number of aryl methyl sites for hydroxylation is 1. The summed E-state index contributed by atoms with van der Waals surface area (Å²) in [5.74, 6) is 0.603. The molecule has 0 aliphatic carbocycles. The van der Waals surface area contributed by atoms with Crippen LogP contribution in [0.15, 0.2) is 42.5 Å². The molecule has 2 aromatic carbocycles. The van der Waals surface area contributed by atoms with Crippen LogP contribution in [-0.4, -0.2) is 78.9 Å². The fourth-order valence-electron chi connectivity index (χ4n) is 3.74. The number of amides is 4. The van der Waals surface area contributed by atoms with Crippen molar-refractivity contribution in [2.24, 2.45) is 0 Å². The molecule has 34 heavy (non-hydrogen) atoms. The van der Waals surface area contributed by atoms with Crippen molar-refractivity contribution in [3.63, 3.8) is 0 Å². The zero-order valence-corrected chi connectivity index (χ0v) is 20.6. The Morgan fingerprint density at radius 3 is 2.15 bits per heavy atom. The second kappa shape index (κ2) is 11.0. The van der Waals surface area contributed by atoms with E-state index in [4.69, 9.17) is 4.74 Å². The maximum absolute atomic E-state index is 12.8. The highest BCUT2D eigenvalue weighted by Gasteiger charge is 2.25. The minimum absolute atomic E-state index is 0.0258.